The highest BCUT2D eigenvalue weighted by molar-refractivity contribution is 6.87. The minimum absolute atomic E-state index is 0.00434. The fourth-order valence-corrected chi connectivity index (χ4v) is 2.81. The van der Waals surface area contributed by atoms with Crippen LogP contribution in [-0.4, -0.2) is 33.1 Å². The second-order valence-corrected chi connectivity index (χ2v) is 12.7. The van der Waals surface area contributed by atoms with E-state index < -0.39 is 49.0 Å². The summed E-state index contributed by atoms with van der Waals surface area (Å²) in [5.74, 6) is -2.96. The van der Waals surface area contributed by atoms with E-state index in [0.717, 1.165) is 7.11 Å². The van der Waals surface area contributed by atoms with Crippen LogP contribution in [0.5, 0.6) is 0 Å². The van der Waals surface area contributed by atoms with Gasteiger partial charge in [-0.15, -0.1) is 11.5 Å². The Morgan fingerprint density at radius 1 is 1.19 bits per heavy atom. The SMILES string of the molecule is COC(=O)[C@@H](CC#C[Si](C)(C)C(C)(C)C)NC(=O)c1c(F)cc(F)cc1F. The van der Waals surface area contributed by atoms with Gasteiger partial charge in [0.25, 0.3) is 5.91 Å². The number of carbonyl (C=O) groups is 2. The highest BCUT2D eigenvalue weighted by Gasteiger charge is 2.34. The van der Waals surface area contributed by atoms with E-state index in [1.165, 1.54) is 0 Å². The number of methoxy groups -OCH3 is 1. The predicted octanol–water partition coefficient (Wildman–Crippen LogP) is 3.82. The standard InChI is InChI=1S/C19H24F3NO3Si/c1-19(2,3)27(5,6)9-7-8-15(18(25)26-4)23-17(24)16-13(21)10-12(20)11-14(16)22/h10-11,15H,8H2,1-6H3,(H,23,24)/t15-/m1/s1. The highest BCUT2D eigenvalue weighted by Crippen LogP contribution is 2.35. The molecule has 148 valence electrons. The summed E-state index contributed by atoms with van der Waals surface area (Å²) in [6.07, 6.45) is -0.0741. The summed E-state index contributed by atoms with van der Waals surface area (Å²) < 4.78 is 45.1. The van der Waals surface area contributed by atoms with Crippen LogP contribution in [0.1, 0.15) is 37.6 Å². The third-order valence-electron chi connectivity index (χ3n) is 4.61. The van der Waals surface area contributed by atoms with Gasteiger partial charge in [0.1, 0.15) is 37.1 Å². The molecule has 0 saturated heterocycles. The summed E-state index contributed by atoms with van der Waals surface area (Å²) >= 11 is 0. The number of carbonyl (C=O) groups excluding carboxylic acids is 2. The number of nitrogens with one attached hydrogen (secondary N) is 1. The Morgan fingerprint density at radius 3 is 2.15 bits per heavy atom. The molecule has 1 rings (SSSR count). The quantitative estimate of drug-likeness (QED) is 0.476. The minimum Gasteiger partial charge on any atom is -0.467 e. The first kappa shape index (κ1) is 22.8. The van der Waals surface area contributed by atoms with E-state index in [2.05, 4.69) is 55.4 Å². The van der Waals surface area contributed by atoms with Crippen LogP contribution in [0.15, 0.2) is 12.1 Å². The van der Waals surface area contributed by atoms with Gasteiger partial charge in [-0.1, -0.05) is 33.9 Å². The Balaban J connectivity index is 3.05. The number of ether oxygens (including phenoxy) is 1. The molecular weight excluding hydrogens is 375 g/mol. The molecule has 0 aliphatic heterocycles. The van der Waals surface area contributed by atoms with Gasteiger partial charge in [-0.2, -0.15) is 0 Å². The van der Waals surface area contributed by atoms with Crippen molar-refractivity contribution in [3.8, 4) is 11.5 Å². The Hall–Kier alpha value is -2.27. The summed E-state index contributed by atoms with van der Waals surface area (Å²) in [5.41, 5.74) is 2.21. The molecule has 0 aromatic heterocycles. The highest BCUT2D eigenvalue weighted by atomic mass is 28.3. The molecule has 8 heteroatoms. The predicted molar refractivity (Wildman–Crippen MR) is 99.2 cm³/mol. The number of halogens is 3. The Kier molecular flexibility index (Phi) is 7.26. The molecule has 0 unspecified atom stereocenters. The number of hydrogen-bond acceptors (Lipinski definition) is 3. The van der Waals surface area contributed by atoms with Gasteiger partial charge in [0.05, 0.1) is 7.11 Å². The van der Waals surface area contributed by atoms with Crippen molar-refractivity contribution in [3.63, 3.8) is 0 Å². The smallest absolute Gasteiger partial charge is 0.329 e. The van der Waals surface area contributed by atoms with E-state index in [1.807, 2.05) is 0 Å². The van der Waals surface area contributed by atoms with Gasteiger partial charge in [0, 0.05) is 18.6 Å². The third-order valence-corrected chi connectivity index (χ3v) is 9.16. The maximum absolute atomic E-state index is 13.8. The van der Waals surface area contributed by atoms with E-state index in [1.54, 1.807) is 0 Å². The van der Waals surface area contributed by atoms with Gasteiger partial charge in [0.2, 0.25) is 0 Å². The Bertz CT molecular complexity index is 769. The topological polar surface area (TPSA) is 55.4 Å². The van der Waals surface area contributed by atoms with Crippen molar-refractivity contribution in [2.75, 3.05) is 7.11 Å². The molecule has 4 nitrogen and oxygen atoms in total. The summed E-state index contributed by atoms with van der Waals surface area (Å²) in [4.78, 5) is 24.1. The van der Waals surface area contributed by atoms with Crippen molar-refractivity contribution in [3.05, 3.63) is 35.1 Å². The van der Waals surface area contributed by atoms with Crippen LogP contribution in [0.2, 0.25) is 18.1 Å². The lowest BCUT2D eigenvalue weighted by Crippen LogP contribution is -2.42. The van der Waals surface area contributed by atoms with Gasteiger partial charge in [-0.25, -0.2) is 18.0 Å². The minimum atomic E-state index is -1.93. The fraction of sp³-hybridized carbons (Fsp3) is 0.474. The molecule has 1 atom stereocenters. The van der Waals surface area contributed by atoms with Crippen LogP contribution >= 0.6 is 0 Å². The number of amides is 1. The zero-order chi connectivity index (χ0) is 21.0. The molecule has 1 aromatic carbocycles. The lowest BCUT2D eigenvalue weighted by atomic mass is 10.1. The van der Waals surface area contributed by atoms with Gasteiger partial charge >= 0.3 is 5.97 Å². The summed E-state index contributed by atoms with van der Waals surface area (Å²) in [6, 6.07) is -0.422. The van der Waals surface area contributed by atoms with Crippen molar-refractivity contribution in [2.45, 2.75) is 51.4 Å². The zero-order valence-corrected chi connectivity index (χ0v) is 17.3. The second kappa shape index (κ2) is 8.61. The largest absolute Gasteiger partial charge is 0.467 e. The summed E-state index contributed by atoms with van der Waals surface area (Å²) in [5, 5.41) is 2.21. The summed E-state index contributed by atoms with van der Waals surface area (Å²) in [6.45, 7) is 10.4. The lowest BCUT2D eigenvalue weighted by molar-refractivity contribution is -0.142. The molecule has 0 saturated carbocycles. The molecule has 0 radical (unpaired) electrons. The van der Waals surface area contributed by atoms with Crippen molar-refractivity contribution in [1.29, 1.82) is 0 Å². The maximum Gasteiger partial charge on any atom is 0.329 e. The first-order chi connectivity index (χ1) is 12.3. The molecule has 0 fully saturated rings. The first-order valence-electron chi connectivity index (χ1n) is 8.33. The van der Waals surface area contributed by atoms with Crippen molar-refractivity contribution in [2.24, 2.45) is 0 Å². The third kappa shape index (κ3) is 5.86. The van der Waals surface area contributed by atoms with Gasteiger partial charge < -0.3 is 10.1 Å². The second-order valence-electron chi connectivity index (χ2n) is 7.67. The molecule has 0 aliphatic carbocycles. The molecule has 0 aliphatic rings. The van der Waals surface area contributed by atoms with Crippen molar-refractivity contribution >= 4 is 20.0 Å². The van der Waals surface area contributed by atoms with E-state index in [9.17, 15) is 22.8 Å². The van der Waals surface area contributed by atoms with Crippen molar-refractivity contribution in [1.82, 2.24) is 5.32 Å². The fourth-order valence-electron chi connectivity index (χ4n) is 1.89. The normalized spacial score (nSPS) is 12.6. The number of esters is 1. The Morgan fingerprint density at radius 2 is 1.70 bits per heavy atom. The van der Waals surface area contributed by atoms with Crippen LogP contribution in [0.25, 0.3) is 0 Å². The molecule has 1 amide bonds. The number of benzene rings is 1. The Labute approximate surface area is 158 Å². The van der Waals surface area contributed by atoms with Crippen LogP contribution in [-0.2, 0) is 9.53 Å². The molecule has 0 spiro atoms. The average Bonchev–Trinajstić information content (AvgIpc) is 2.50. The molecule has 27 heavy (non-hydrogen) atoms. The lowest BCUT2D eigenvalue weighted by Gasteiger charge is -2.31. The molecule has 1 N–H and O–H groups in total. The van der Waals surface area contributed by atoms with Gasteiger partial charge in [0.15, 0.2) is 0 Å². The van der Waals surface area contributed by atoms with Gasteiger partial charge in [-0.3, -0.25) is 4.79 Å². The molecular formula is C19H24F3NO3Si. The van der Waals surface area contributed by atoms with E-state index >= 15 is 0 Å². The van der Waals surface area contributed by atoms with E-state index in [-0.39, 0.29) is 11.5 Å². The summed E-state index contributed by atoms with van der Waals surface area (Å²) in [7, 11) is -0.806. The first-order valence-corrected chi connectivity index (χ1v) is 11.3. The van der Waals surface area contributed by atoms with Crippen LogP contribution < -0.4 is 5.32 Å². The van der Waals surface area contributed by atoms with Crippen molar-refractivity contribution < 1.29 is 27.5 Å². The number of hydrogen-bond donors (Lipinski definition) is 1. The van der Waals surface area contributed by atoms with E-state index in [4.69, 9.17) is 0 Å². The number of rotatable bonds is 4. The zero-order valence-electron chi connectivity index (χ0n) is 16.3. The average molecular weight is 399 g/mol. The molecule has 1 aromatic rings. The maximum atomic E-state index is 13.8. The van der Waals surface area contributed by atoms with Crippen LogP contribution in [0, 0.1) is 28.9 Å². The van der Waals surface area contributed by atoms with Crippen LogP contribution in [0.4, 0.5) is 13.2 Å². The molecule has 0 heterocycles. The van der Waals surface area contributed by atoms with E-state index in [0.29, 0.717) is 12.1 Å². The monoisotopic (exact) mass is 399 g/mol. The van der Waals surface area contributed by atoms with Crippen LogP contribution in [0.3, 0.4) is 0 Å². The van der Waals surface area contributed by atoms with Gasteiger partial charge in [-0.05, 0) is 5.04 Å². The molecule has 0 bridgehead atoms.